The fraction of sp³-hybridized carbons (Fsp3) is 0.435. The van der Waals surface area contributed by atoms with Crippen LogP contribution in [0, 0.1) is 0 Å². The molecule has 0 atom stereocenters. The molecule has 2 aromatic rings. The van der Waals surface area contributed by atoms with E-state index in [0.29, 0.717) is 12.5 Å². The zero-order valence-electron chi connectivity index (χ0n) is 16.6. The predicted molar refractivity (Wildman–Crippen MR) is 113 cm³/mol. The lowest BCUT2D eigenvalue weighted by Gasteiger charge is -2.39. The second-order valence-corrected chi connectivity index (χ2v) is 7.63. The van der Waals surface area contributed by atoms with Crippen LogP contribution in [0.2, 0.25) is 0 Å². The molecule has 2 aromatic carbocycles. The standard InChI is InChI=1S/C23H29N3O2/c1-28-22-4-2-3-19(17-22)18-5-7-20(8-6-18)25-13-9-21(10-14-25)26-15-11-23(27)24-12-16-26/h2-8,17,21H,9-16H2,1H3,(H,24,27). The molecular weight excluding hydrogens is 350 g/mol. The van der Waals surface area contributed by atoms with Crippen molar-refractivity contribution in [1.29, 1.82) is 0 Å². The van der Waals surface area contributed by atoms with Gasteiger partial charge in [-0.2, -0.15) is 0 Å². The van der Waals surface area contributed by atoms with Gasteiger partial charge in [0.05, 0.1) is 7.11 Å². The molecule has 2 saturated heterocycles. The highest BCUT2D eigenvalue weighted by molar-refractivity contribution is 5.76. The molecular formula is C23H29N3O2. The molecule has 1 N–H and O–H groups in total. The Morgan fingerprint density at radius 1 is 0.964 bits per heavy atom. The van der Waals surface area contributed by atoms with Crippen molar-refractivity contribution in [2.45, 2.75) is 25.3 Å². The van der Waals surface area contributed by atoms with Crippen LogP contribution in [-0.4, -0.2) is 56.7 Å². The summed E-state index contributed by atoms with van der Waals surface area (Å²) in [6.07, 6.45) is 2.95. The normalized spacial score (nSPS) is 19.2. The van der Waals surface area contributed by atoms with Crippen molar-refractivity contribution >= 4 is 11.6 Å². The summed E-state index contributed by atoms with van der Waals surface area (Å²) in [7, 11) is 1.70. The first kappa shape index (κ1) is 18.8. The summed E-state index contributed by atoms with van der Waals surface area (Å²) in [5, 5.41) is 2.98. The number of anilines is 1. The van der Waals surface area contributed by atoms with Crippen molar-refractivity contribution in [3.8, 4) is 16.9 Å². The topological polar surface area (TPSA) is 44.8 Å². The Hall–Kier alpha value is -2.53. The average Bonchev–Trinajstić information content (AvgIpc) is 2.98. The van der Waals surface area contributed by atoms with Crippen LogP contribution in [0.4, 0.5) is 5.69 Å². The zero-order valence-corrected chi connectivity index (χ0v) is 16.6. The fourth-order valence-corrected chi connectivity index (χ4v) is 4.31. The average molecular weight is 380 g/mol. The van der Waals surface area contributed by atoms with E-state index in [2.05, 4.69) is 51.5 Å². The Kier molecular flexibility index (Phi) is 5.81. The van der Waals surface area contributed by atoms with Crippen LogP contribution in [0.15, 0.2) is 48.5 Å². The van der Waals surface area contributed by atoms with E-state index in [4.69, 9.17) is 4.74 Å². The van der Waals surface area contributed by atoms with Crippen molar-refractivity contribution in [3.63, 3.8) is 0 Å². The molecule has 5 nitrogen and oxygen atoms in total. The van der Waals surface area contributed by atoms with Crippen LogP contribution in [0.3, 0.4) is 0 Å². The van der Waals surface area contributed by atoms with E-state index in [0.717, 1.165) is 51.3 Å². The number of hydrogen-bond acceptors (Lipinski definition) is 4. The first-order valence-corrected chi connectivity index (χ1v) is 10.2. The quantitative estimate of drug-likeness (QED) is 0.886. The third kappa shape index (κ3) is 4.30. The van der Waals surface area contributed by atoms with Gasteiger partial charge in [0.25, 0.3) is 0 Å². The molecule has 2 fully saturated rings. The SMILES string of the molecule is COc1cccc(-c2ccc(N3CCC(N4CCNC(=O)CC4)CC3)cc2)c1. The lowest BCUT2D eigenvalue weighted by Crippen LogP contribution is -2.46. The highest BCUT2D eigenvalue weighted by atomic mass is 16.5. The van der Waals surface area contributed by atoms with Crippen molar-refractivity contribution in [2.75, 3.05) is 44.7 Å². The van der Waals surface area contributed by atoms with Gasteiger partial charge in [-0.05, 0) is 48.2 Å². The zero-order chi connectivity index (χ0) is 19.3. The molecule has 0 unspecified atom stereocenters. The van der Waals surface area contributed by atoms with Gasteiger partial charge >= 0.3 is 0 Å². The van der Waals surface area contributed by atoms with Crippen LogP contribution >= 0.6 is 0 Å². The number of nitrogens with one attached hydrogen (secondary N) is 1. The molecule has 28 heavy (non-hydrogen) atoms. The van der Waals surface area contributed by atoms with Gasteiger partial charge in [0.1, 0.15) is 5.75 Å². The van der Waals surface area contributed by atoms with Crippen LogP contribution in [-0.2, 0) is 4.79 Å². The molecule has 4 rings (SSSR count). The molecule has 2 aliphatic rings. The van der Waals surface area contributed by atoms with Crippen molar-refractivity contribution < 1.29 is 9.53 Å². The first-order chi connectivity index (χ1) is 13.7. The molecule has 2 heterocycles. The summed E-state index contributed by atoms with van der Waals surface area (Å²) in [5.41, 5.74) is 3.67. The highest BCUT2D eigenvalue weighted by Gasteiger charge is 2.26. The van der Waals surface area contributed by atoms with Gasteiger partial charge in [-0.25, -0.2) is 0 Å². The van der Waals surface area contributed by atoms with Gasteiger partial charge in [-0.3, -0.25) is 9.69 Å². The monoisotopic (exact) mass is 379 g/mol. The van der Waals surface area contributed by atoms with Crippen molar-refractivity contribution in [1.82, 2.24) is 10.2 Å². The summed E-state index contributed by atoms with van der Waals surface area (Å²) in [4.78, 5) is 16.5. The number of piperidine rings is 1. The molecule has 1 amide bonds. The van der Waals surface area contributed by atoms with Crippen LogP contribution in [0.5, 0.6) is 5.75 Å². The first-order valence-electron chi connectivity index (χ1n) is 10.2. The summed E-state index contributed by atoms with van der Waals surface area (Å²) >= 11 is 0. The van der Waals surface area contributed by atoms with E-state index in [1.54, 1.807) is 7.11 Å². The van der Waals surface area contributed by atoms with Gasteiger partial charge in [-0.1, -0.05) is 24.3 Å². The second-order valence-electron chi connectivity index (χ2n) is 7.63. The minimum absolute atomic E-state index is 0.191. The Morgan fingerprint density at radius 3 is 2.50 bits per heavy atom. The summed E-state index contributed by atoms with van der Waals surface area (Å²) in [5.74, 6) is 1.07. The molecule has 0 saturated carbocycles. The van der Waals surface area contributed by atoms with Crippen LogP contribution < -0.4 is 15.0 Å². The molecule has 0 spiro atoms. The maximum Gasteiger partial charge on any atom is 0.221 e. The number of amides is 1. The molecule has 148 valence electrons. The largest absolute Gasteiger partial charge is 0.497 e. The van der Waals surface area contributed by atoms with E-state index in [9.17, 15) is 4.79 Å². The summed E-state index contributed by atoms with van der Waals surface area (Å²) < 4.78 is 5.33. The van der Waals surface area contributed by atoms with E-state index in [-0.39, 0.29) is 5.91 Å². The van der Waals surface area contributed by atoms with Crippen molar-refractivity contribution in [2.24, 2.45) is 0 Å². The van der Waals surface area contributed by atoms with Gasteiger partial charge in [0.2, 0.25) is 5.91 Å². The van der Waals surface area contributed by atoms with E-state index in [1.165, 1.54) is 16.8 Å². The summed E-state index contributed by atoms with van der Waals surface area (Å²) in [6.45, 7) is 4.80. The second kappa shape index (κ2) is 8.65. The maximum atomic E-state index is 11.6. The fourth-order valence-electron chi connectivity index (χ4n) is 4.31. The van der Waals surface area contributed by atoms with Gasteiger partial charge in [0, 0.05) is 50.9 Å². The Bertz CT molecular complexity index is 798. The predicted octanol–water partition coefficient (Wildman–Crippen LogP) is 3.15. The maximum absolute atomic E-state index is 11.6. The third-order valence-corrected chi connectivity index (χ3v) is 5.96. The van der Waals surface area contributed by atoms with Gasteiger partial charge in [0.15, 0.2) is 0 Å². The molecule has 5 heteroatoms. The number of carbonyl (C=O) groups excluding carboxylic acids is 1. The minimum atomic E-state index is 0.191. The number of rotatable bonds is 4. The molecule has 2 aliphatic heterocycles. The number of benzene rings is 2. The molecule has 0 aromatic heterocycles. The summed E-state index contributed by atoms with van der Waals surface area (Å²) in [6, 6.07) is 17.6. The van der Waals surface area contributed by atoms with Gasteiger partial charge < -0.3 is 15.0 Å². The molecule has 0 radical (unpaired) electrons. The minimum Gasteiger partial charge on any atom is -0.497 e. The number of hydrogen-bond donors (Lipinski definition) is 1. The number of carbonyl (C=O) groups is 1. The van der Waals surface area contributed by atoms with Crippen molar-refractivity contribution in [3.05, 3.63) is 48.5 Å². The van der Waals surface area contributed by atoms with E-state index < -0.39 is 0 Å². The third-order valence-electron chi connectivity index (χ3n) is 5.96. The number of ether oxygens (including phenoxy) is 1. The smallest absolute Gasteiger partial charge is 0.221 e. The number of methoxy groups -OCH3 is 1. The van der Waals surface area contributed by atoms with E-state index in [1.807, 2.05) is 12.1 Å². The molecule has 0 bridgehead atoms. The van der Waals surface area contributed by atoms with Crippen LogP contribution in [0.25, 0.3) is 11.1 Å². The lowest BCUT2D eigenvalue weighted by atomic mass is 10.0. The van der Waals surface area contributed by atoms with Crippen LogP contribution in [0.1, 0.15) is 19.3 Å². The van der Waals surface area contributed by atoms with Gasteiger partial charge in [-0.15, -0.1) is 0 Å². The lowest BCUT2D eigenvalue weighted by molar-refractivity contribution is -0.120. The highest BCUT2D eigenvalue weighted by Crippen LogP contribution is 2.28. The Balaban J connectivity index is 1.36. The van der Waals surface area contributed by atoms with E-state index >= 15 is 0 Å². The Labute approximate surface area is 167 Å². The Morgan fingerprint density at radius 2 is 1.75 bits per heavy atom. The number of nitrogens with zero attached hydrogens (tertiary/aromatic N) is 2. The molecule has 0 aliphatic carbocycles.